The molecule has 27 heavy (non-hydrogen) atoms. The number of esters is 1. The van der Waals surface area contributed by atoms with Crippen LogP contribution >= 0.6 is 0 Å². The molecule has 0 saturated heterocycles. The molecule has 0 fully saturated rings. The lowest BCUT2D eigenvalue weighted by molar-refractivity contribution is 0.0733. The highest BCUT2D eigenvalue weighted by molar-refractivity contribution is 5.91. The number of benzene rings is 2. The third-order valence-corrected chi connectivity index (χ3v) is 3.50. The van der Waals surface area contributed by atoms with Gasteiger partial charge >= 0.3 is 5.97 Å². The highest BCUT2D eigenvalue weighted by Crippen LogP contribution is 2.33. The van der Waals surface area contributed by atoms with E-state index >= 15 is 0 Å². The minimum Gasteiger partial charge on any atom is -0.493 e. The summed E-state index contributed by atoms with van der Waals surface area (Å²) in [5.41, 5.74) is 0.329. The zero-order valence-electron chi connectivity index (χ0n) is 14.9. The molecule has 6 heteroatoms. The molecule has 0 bridgehead atoms. The molecule has 0 amide bonds. The molecule has 0 aliphatic carbocycles. The second-order valence-electron chi connectivity index (χ2n) is 5.37. The quantitative estimate of drug-likeness (QED) is 0.422. The first kappa shape index (κ1) is 18.1. The fourth-order valence-electron chi connectivity index (χ4n) is 2.21. The minimum atomic E-state index is -0.522. The minimum absolute atomic E-state index is 0.329. The lowest BCUT2D eigenvalue weighted by Gasteiger charge is -2.12. The van der Waals surface area contributed by atoms with Gasteiger partial charge in [-0.3, -0.25) is 0 Å². The van der Waals surface area contributed by atoms with Crippen molar-refractivity contribution in [3.63, 3.8) is 0 Å². The molecule has 0 atom stereocenters. The van der Waals surface area contributed by atoms with Crippen LogP contribution < -0.4 is 18.9 Å². The molecule has 1 heterocycles. The summed E-state index contributed by atoms with van der Waals surface area (Å²) in [5.74, 6) is 2.00. The van der Waals surface area contributed by atoms with Gasteiger partial charge < -0.3 is 23.4 Å². The monoisotopic (exact) mass is 366 g/mol. The Morgan fingerprint density at radius 1 is 0.963 bits per heavy atom. The van der Waals surface area contributed by atoms with E-state index in [9.17, 15) is 4.79 Å². The fourth-order valence-corrected chi connectivity index (χ4v) is 2.21. The Hall–Kier alpha value is -3.67. The van der Waals surface area contributed by atoms with E-state index in [0.29, 0.717) is 34.3 Å². The molecular weight excluding hydrogens is 348 g/mol. The summed E-state index contributed by atoms with van der Waals surface area (Å²) in [7, 11) is 1.50. The predicted molar refractivity (Wildman–Crippen MR) is 98.6 cm³/mol. The van der Waals surface area contributed by atoms with E-state index in [4.69, 9.17) is 23.4 Å². The topological polar surface area (TPSA) is 67.1 Å². The SMILES string of the molecule is CC=COc1ccc(Oc2ccc(C(=O)Oc3ccoc3)cc2OC)cc1. The van der Waals surface area contributed by atoms with E-state index in [-0.39, 0.29) is 0 Å². The first-order valence-corrected chi connectivity index (χ1v) is 8.17. The summed E-state index contributed by atoms with van der Waals surface area (Å²) in [6.45, 7) is 1.87. The average Bonchev–Trinajstić information content (AvgIpc) is 3.20. The van der Waals surface area contributed by atoms with E-state index in [1.54, 1.807) is 60.9 Å². The largest absolute Gasteiger partial charge is 0.493 e. The van der Waals surface area contributed by atoms with Crippen LogP contribution in [0, 0.1) is 0 Å². The van der Waals surface area contributed by atoms with Gasteiger partial charge in [0, 0.05) is 6.07 Å². The van der Waals surface area contributed by atoms with Crippen LogP contribution in [0.4, 0.5) is 0 Å². The highest BCUT2D eigenvalue weighted by atomic mass is 16.5. The third-order valence-electron chi connectivity index (χ3n) is 3.50. The maximum atomic E-state index is 12.2. The van der Waals surface area contributed by atoms with Crippen molar-refractivity contribution in [1.29, 1.82) is 0 Å². The molecule has 0 aliphatic heterocycles. The number of hydrogen-bond acceptors (Lipinski definition) is 6. The van der Waals surface area contributed by atoms with Crippen molar-refractivity contribution < 1.29 is 28.2 Å². The van der Waals surface area contributed by atoms with Crippen molar-refractivity contribution in [1.82, 2.24) is 0 Å². The van der Waals surface area contributed by atoms with Gasteiger partial charge in [0.1, 0.15) is 17.8 Å². The summed E-state index contributed by atoms with van der Waals surface area (Å²) < 4.78 is 26.6. The number of ether oxygens (including phenoxy) is 4. The van der Waals surface area contributed by atoms with Crippen LogP contribution in [0.5, 0.6) is 28.7 Å². The average molecular weight is 366 g/mol. The lowest BCUT2D eigenvalue weighted by Crippen LogP contribution is -2.08. The maximum Gasteiger partial charge on any atom is 0.343 e. The van der Waals surface area contributed by atoms with E-state index in [1.165, 1.54) is 19.6 Å². The van der Waals surface area contributed by atoms with Crippen molar-refractivity contribution in [2.45, 2.75) is 6.92 Å². The summed E-state index contributed by atoms with van der Waals surface area (Å²) >= 11 is 0. The van der Waals surface area contributed by atoms with Gasteiger partial charge in [-0.15, -0.1) is 0 Å². The normalized spacial score (nSPS) is 10.6. The highest BCUT2D eigenvalue weighted by Gasteiger charge is 2.14. The van der Waals surface area contributed by atoms with Crippen molar-refractivity contribution in [2.75, 3.05) is 7.11 Å². The van der Waals surface area contributed by atoms with E-state index < -0.39 is 5.97 Å². The Bertz CT molecular complexity index is 910. The summed E-state index contributed by atoms with van der Waals surface area (Å²) in [6, 6.07) is 13.5. The van der Waals surface area contributed by atoms with Gasteiger partial charge in [0.05, 0.1) is 25.2 Å². The van der Waals surface area contributed by atoms with Crippen molar-refractivity contribution in [2.24, 2.45) is 0 Å². The van der Waals surface area contributed by atoms with E-state index in [0.717, 1.165) is 0 Å². The number of furan rings is 1. The molecule has 6 nitrogen and oxygen atoms in total. The predicted octanol–water partition coefficient (Wildman–Crippen LogP) is 5.21. The maximum absolute atomic E-state index is 12.2. The molecule has 0 saturated carbocycles. The van der Waals surface area contributed by atoms with Crippen LogP contribution in [0.2, 0.25) is 0 Å². The number of methoxy groups -OCH3 is 1. The first-order chi connectivity index (χ1) is 13.2. The number of rotatable bonds is 7. The fraction of sp³-hybridized carbons (Fsp3) is 0.0952. The van der Waals surface area contributed by atoms with Crippen LogP contribution in [0.1, 0.15) is 17.3 Å². The van der Waals surface area contributed by atoms with Gasteiger partial charge in [0.25, 0.3) is 0 Å². The standard InChI is InChI=1S/C21H18O6/c1-3-11-25-16-5-7-17(8-6-16)26-19-9-4-15(13-20(19)23-2)21(22)27-18-10-12-24-14-18/h3-14H,1-2H3. The summed E-state index contributed by atoms with van der Waals surface area (Å²) in [4.78, 5) is 12.2. The van der Waals surface area contributed by atoms with Crippen LogP contribution in [0.25, 0.3) is 0 Å². The molecule has 0 unspecified atom stereocenters. The summed E-state index contributed by atoms with van der Waals surface area (Å²) in [6.07, 6.45) is 6.17. The van der Waals surface area contributed by atoms with Crippen LogP contribution in [0.3, 0.4) is 0 Å². The Morgan fingerprint density at radius 2 is 1.74 bits per heavy atom. The number of allylic oxidation sites excluding steroid dienone is 1. The van der Waals surface area contributed by atoms with Gasteiger partial charge in [0.15, 0.2) is 17.2 Å². The number of carbonyl (C=O) groups excluding carboxylic acids is 1. The second kappa shape index (κ2) is 8.62. The molecule has 3 rings (SSSR count). The zero-order chi connectivity index (χ0) is 19.1. The second-order valence-corrected chi connectivity index (χ2v) is 5.37. The zero-order valence-corrected chi connectivity index (χ0v) is 14.9. The summed E-state index contributed by atoms with van der Waals surface area (Å²) in [5, 5.41) is 0. The molecule has 2 aromatic carbocycles. The number of carbonyl (C=O) groups is 1. The Labute approximate surface area is 156 Å². The van der Waals surface area contributed by atoms with Crippen molar-refractivity contribution in [3.05, 3.63) is 79.0 Å². The Balaban J connectivity index is 1.73. The Kier molecular flexibility index (Phi) is 5.79. The smallest absolute Gasteiger partial charge is 0.343 e. The van der Waals surface area contributed by atoms with Crippen LogP contribution in [-0.4, -0.2) is 13.1 Å². The molecule has 0 radical (unpaired) electrons. The van der Waals surface area contributed by atoms with Crippen LogP contribution in [0.15, 0.2) is 77.8 Å². The van der Waals surface area contributed by atoms with Crippen LogP contribution in [-0.2, 0) is 0 Å². The van der Waals surface area contributed by atoms with Gasteiger partial charge in [0.2, 0.25) is 0 Å². The van der Waals surface area contributed by atoms with Gasteiger partial charge in [-0.1, -0.05) is 6.08 Å². The third kappa shape index (κ3) is 4.70. The van der Waals surface area contributed by atoms with Crippen molar-refractivity contribution in [3.8, 4) is 28.7 Å². The van der Waals surface area contributed by atoms with Crippen molar-refractivity contribution >= 4 is 5.97 Å². The molecule has 3 aromatic rings. The van der Waals surface area contributed by atoms with E-state index in [2.05, 4.69) is 0 Å². The molecule has 0 aliphatic rings. The van der Waals surface area contributed by atoms with E-state index in [1.807, 2.05) is 6.92 Å². The molecular formula is C21H18O6. The van der Waals surface area contributed by atoms with Gasteiger partial charge in [-0.25, -0.2) is 4.79 Å². The van der Waals surface area contributed by atoms with Gasteiger partial charge in [-0.2, -0.15) is 0 Å². The molecule has 0 spiro atoms. The molecule has 1 aromatic heterocycles. The first-order valence-electron chi connectivity index (χ1n) is 8.17. The Morgan fingerprint density at radius 3 is 2.41 bits per heavy atom. The molecule has 138 valence electrons. The number of hydrogen-bond donors (Lipinski definition) is 0. The molecule has 0 N–H and O–H groups in total. The van der Waals surface area contributed by atoms with Gasteiger partial charge in [-0.05, 0) is 49.4 Å². The lowest BCUT2D eigenvalue weighted by atomic mass is 10.2.